The van der Waals surface area contributed by atoms with Crippen molar-refractivity contribution in [2.24, 2.45) is 0 Å². The highest BCUT2D eigenvalue weighted by molar-refractivity contribution is 7.16. The molecule has 3 aromatic rings. The Bertz CT molecular complexity index is 810. The Morgan fingerprint density at radius 3 is 2.41 bits per heavy atom. The van der Waals surface area contributed by atoms with Crippen molar-refractivity contribution in [1.82, 2.24) is 4.98 Å². The molecular formula is C17H14Cl2N2S. The number of thiazole rings is 1. The van der Waals surface area contributed by atoms with Crippen molar-refractivity contribution in [1.29, 1.82) is 0 Å². The van der Waals surface area contributed by atoms with Crippen LogP contribution in [0, 0.1) is 13.8 Å². The maximum Gasteiger partial charge on any atom is 0.188 e. The van der Waals surface area contributed by atoms with E-state index in [2.05, 4.69) is 48.4 Å². The van der Waals surface area contributed by atoms with Crippen molar-refractivity contribution in [3.8, 4) is 11.3 Å². The van der Waals surface area contributed by atoms with E-state index in [4.69, 9.17) is 23.2 Å². The van der Waals surface area contributed by atoms with Crippen molar-refractivity contribution in [3.63, 3.8) is 0 Å². The topological polar surface area (TPSA) is 24.9 Å². The minimum atomic E-state index is 0.581. The molecule has 0 spiro atoms. The molecule has 0 aliphatic carbocycles. The number of aryl methyl sites for hydroxylation is 2. The van der Waals surface area contributed by atoms with E-state index in [0.717, 1.165) is 27.0 Å². The van der Waals surface area contributed by atoms with Crippen molar-refractivity contribution >= 4 is 45.4 Å². The number of nitrogens with zero attached hydrogens (tertiary/aromatic N) is 1. The largest absolute Gasteiger partial charge is 0.330 e. The van der Waals surface area contributed by atoms with Gasteiger partial charge < -0.3 is 5.32 Å². The highest BCUT2D eigenvalue weighted by atomic mass is 35.5. The number of rotatable bonds is 3. The van der Waals surface area contributed by atoms with E-state index in [1.165, 1.54) is 5.56 Å². The number of anilines is 2. The fourth-order valence-electron chi connectivity index (χ4n) is 2.14. The van der Waals surface area contributed by atoms with Crippen LogP contribution in [0.25, 0.3) is 11.3 Å². The first-order valence-electron chi connectivity index (χ1n) is 6.79. The fraction of sp³-hybridized carbons (Fsp3) is 0.118. The van der Waals surface area contributed by atoms with Crippen molar-refractivity contribution in [2.75, 3.05) is 5.32 Å². The highest BCUT2D eigenvalue weighted by Gasteiger charge is 2.11. The molecule has 0 amide bonds. The molecule has 3 rings (SSSR count). The van der Waals surface area contributed by atoms with E-state index < -0.39 is 0 Å². The molecule has 0 saturated heterocycles. The van der Waals surface area contributed by atoms with E-state index >= 15 is 0 Å². The number of aromatic nitrogens is 1. The second-order valence-electron chi connectivity index (χ2n) is 5.04. The van der Waals surface area contributed by atoms with Gasteiger partial charge in [-0.3, -0.25) is 0 Å². The molecule has 0 aliphatic rings. The van der Waals surface area contributed by atoms with Gasteiger partial charge in [0.05, 0.1) is 16.4 Å². The van der Waals surface area contributed by atoms with Crippen LogP contribution in [-0.2, 0) is 0 Å². The summed E-state index contributed by atoms with van der Waals surface area (Å²) in [5.41, 5.74) is 4.16. The highest BCUT2D eigenvalue weighted by Crippen LogP contribution is 2.34. The average Bonchev–Trinajstić information content (AvgIpc) is 2.84. The summed E-state index contributed by atoms with van der Waals surface area (Å²) >= 11 is 13.7. The Labute approximate surface area is 143 Å². The zero-order valence-electron chi connectivity index (χ0n) is 12.2. The Morgan fingerprint density at radius 2 is 1.73 bits per heavy atom. The zero-order chi connectivity index (χ0) is 15.7. The number of hydrogen-bond donors (Lipinski definition) is 1. The Kier molecular flexibility index (Phi) is 4.39. The number of hydrogen-bond acceptors (Lipinski definition) is 3. The van der Waals surface area contributed by atoms with Crippen LogP contribution in [0.4, 0.5) is 10.8 Å². The summed E-state index contributed by atoms with van der Waals surface area (Å²) in [6, 6.07) is 13.7. The van der Waals surface area contributed by atoms with Gasteiger partial charge in [0.1, 0.15) is 0 Å². The van der Waals surface area contributed by atoms with Gasteiger partial charge >= 0.3 is 0 Å². The fourth-order valence-corrected chi connectivity index (χ4v) is 3.44. The first-order valence-corrected chi connectivity index (χ1v) is 8.37. The molecule has 0 fully saturated rings. The first kappa shape index (κ1) is 15.3. The molecule has 0 radical (unpaired) electrons. The molecule has 22 heavy (non-hydrogen) atoms. The number of benzene rings is 2. The van der Waals surface area contributed by atoms with Gasteiger partial charge in [-0.2, -0.15) is 0 Å². The van der Waals surface area contributed by atoms with Crippen LogP contribution in [0.2, 0.25) is 10.0 Å². The molecule has 5 heteroatoms. The lowest BCUT2D eigenvalue weighted by Gasteiger charge is -2.05. The molecule has 0 atom stereocenters. The number of nitrogens with one attached hydrogen (secondary N) is 1. The van der Waals surface area contributed by atoms with E-state index in [-0.39, 0.29) is 0 Å². The van der Waals surface area contributed by atoms with Gasteiger partial charge in [-0.1, -0.05) is 53.0 Å². The third-order valence-corrected chi connectivity index (χ3v) is 4.73. The van der Waals surface area contributed by atoms with E-state index in [0.29, 0.717) is 10.0 Å². The molecule has 1 N–H and O–H groups in total. The first-order chi connectivity index (χ1) is 10.5. The van der Waals surface area contributed by atoms with Crippen LogP contribution in [-0.4, -0.2) is 4.98 Å². The lowest BCUT2D eigenvalue weighted by molar-refractivity contribution is 1.35. The van der Waals surface area contributed by atoms with Crippen molar-refractivity contribution < 1.29 is 0 Å². The van der Waals surface area contributed by atoms with Gasteiger partial charge in [-0.25, -0.2) is 4.98 Å². The molecule has 2 nitrogen and oxygen atoms in total. The minimum absolute atomic E-state index is 0.581. The van der Waals surface area contributed by atoms with Gasteiger partial charge in [0, 0.05) is 15.5 Å². The van der Waals surface area contributed by atoms with Gasteiger partial charge in [0.25, 0.3) is 0 Å². The summed E-state index contributed by atoms with van der Waals surface area (Å²) in [5.74, 6) is 0. The lowest BCUT2D eigenvalue weighted by atomic mass is 10.1. The van der Waals surface area contributed by atoms with Crippen LogP contribution in [0.3, 0.4) is 0 Å². The smallest absolute Gasteiger partial charge is 0.188 e. The second kappa shape index (κ2) is 6.29. The van der Waals surface area contributed by atoms with Crippen molar-refractivity contribution in [3.05, 3.63) is 63.0 Å². The SMILES string of the molecule is Cc1ccc(-c2nc(Nc3ccc(Cl)cc3Cl)sc2C)cc1. The van der Waals surface area contributed by atoms with Crippen LogP contribution in [0.5, 0.6) is 0 Å². The van der Waals surface area contributed by atoms with Gasteiger partial charge in [-0.15, -0.1) is 11.3 Å². The summed E-state index contributed by atoms with van der Waals surface area (Å²) in [4.78, 5) is 5.85. The predicted octanol–water partition coefficient (Wildman–Crippen LogP) is 6.48. The van der Waals surface area contributed by atoms with Gasteiger partial charge in [0.2, 0.25) is 0 Å². The molecule has 0 aliphatic heterocycles. The molecule has 0 unspecified atom stereocenters. The molecule has 1 heterocycles. The van der Waals surface area contributed by atoms with Crippen LogP contribution < -0.4 is 5.32 Å². The maximum atomic E-state index is 6.19. The standard InChI is InChI=1S/C17H14Cl2N2S/c1-10-3-5-12(6-4-10)16-11(2)22-17(21-16)20-15-8-7-13(18)9-14(15)19/h3-9H,1-2H3,(H,20,21). The van der Waals surface area contributed by atoms with Gasteiger partial charge in [0.15, 0.2) is 5.13 Å². The second-order valence-corrected chi connectivity index (χ2v) is 7.09. The monoisotopic (exact) mass is 348 g/mol. The minimum Gasteiger partial charge on any atom is -0.330 e. The Morgan fingerprint density at radius 1 is 1.00 bits per heavy atom. The molecule has 1 aromatic heterocycles. The Balaban J connectivity index is 1.90. The summed E-state index contributed by atoms with van der Waals surface area (Å²) in [5, 5.41) is 5.27. The average molecular weight is 349 g/mol. The van der Waals surface area contributed by atoms with Crippen LogP contribution in [0.1, 0.15) is 10.4 Å². The molecule has 0 bridgehead atoms. The summed E-state index contributed by atoms with van der Waals surface area (Å²) in [6.45, 7) is 4.15. The predicted molar refractivity (Wildman–Crippen MR) is 96.8 cm³/mol. The third-order valence-electron chi connectivity index (χ3n) is 3.29. The quantitative estimate of drug-likeness (QED) is 0.585. The molecule has 112 valence electrons. The Hall–Kier alpha value is -1.55. The summed E-state index contributed by atoms with van der Waals surface area (Å²) < 4.78 is 0. The normalized spacial score (nSPS) is 10.7. The molecule has 0 saturated carbocycles. The third kappa shape index (κ3) is 3.27. The van der Waals surface area contributed by atoms with Gasteiger partial charge in [-0.05, 0) is 32.0 Å². The lowest BCUT2D eigenvalue weighted by Crippen LogP contribution is -1.90. The summed E-state index contributed by atoms with van der Waals surface area (Å²) in [7, 11) is 0. The van der Waals surface area contributed by atoms with Crippen LogP contribution in [0.15, 0.2) is 42.5 Å². The molecular weight excluding hydrogens is 335 g/mol. The van der Waals surface area contributed by atoms with E-state index in [1.807, 2.05) is 6.07 Å². The number of halogens is 2. The van der Waals surface area contributed by atoms with Crippen molar-refractivity contribution in [2.45, 2.75) is 13.8 Å². The van der Waals surface area contributed by atoms with E-state index in [9.17, 15) is 0 Å². The van der Waals surface area contributed by atoms with Crippen LogP contribution >= 0.6 is 34.5 Å². The summed E-state index contributed by atoms with van der Waals surface area (Å²) in [6.07, 6.45) is 0. The zero-order valence-corrected chi connectivity index (χ0v) is 14.5. The molecule has 2 aromatic carbocycles. The maximum absolute atomic E-state index is 6.19. The van der Waals surface area contributed by atoms with E-state index in [1.54, 1.807) is 23.5 Å².